The van der Waals surface area contributed by atoms with Crippen LogP contribution >= 0.6 is 0 Å². The van der Waals surface area contributed by atoms with Crippen molar-refractivity contribution >= 4 is 29.1 Å². The lowest BCUT2D eigenvalue weighted by Crippen LogP contribution is -2.30. The molecule has 0 aromatic heterocycles. The van der Waals surface area contributed by atoms with Gasteiger partial charge >= 0.3 is 5.97 Å². The van der Waals surface area contributed by atoms with Gasteiger partial charge in [0.15, 0.2) is 17.7 Å². The molecule has 0 spiro atoms. The molecule has 0 fully saturated rings. The highest BCUT2D eigenvalue weighted by Crippen LogP contribution is 2.21. The lowest BCUT2D eigenvalue weighted by molar-refractivity contribution is -0.152. The molecule has 7 heteroatoms. The van der Waals surface area contributed by atoms with E-state index in [9.17, 15) is 19.2 Å². The smallest absolute Gasteiger partial charge is 0.311 e. The molecule has 0 heterocycles. The summed E-state index contributed by atoms with van der Waals surface area (Å²) in [5.41, 5.74) is 1.97. The van der Waals surface area contributed by atoms with Crippen LogP contribution in [0.4, 0.5) is 5.69 Å². The zero-order valence-corrected chi connectivity index (χ0v) is 16.8. The molecule has 152 valence electrons. The van der Waals surface area contributed by atoms with E-state index in [-0.39, 0.29) is 18.0 Å². The van der Waals surface area contributed by atoms with Gasteiger partial charge in [0, 0.05) is 22.4 Å². The van der Waals surface area contributed by atoms with Crippen LogP contribution in [0.3, 0.4) is 0 Å². The van der Waals surface area contributed by atoms with Gasteiger partial charge in [-0.15, -0.1) is 0 Å². The Morgan fingerprint density at radius 3 is 2.07 bits per heavy atom. The van der Waals surface area contributed by atoms with Crippen molar-refractivity contribution in [2.75, 3.05) is 12.4 Å². The molecule has 0 unspecified atom stereocenters. The molecule has 1 atom stereocenters. The number of rotatable bonds is 8. The number of carbonyl (C=O) groups is 4. The number of hydrogen-bond acceptors (Lipinski definition) is 6. The molecule has 0 radical (unpaired) electrons. The number of methoxy groups -OCH3 is 1. The summed E-state index contributed by atoms with van der Waals surface area (Å²) in [4.78, 5) is 47.4. The van der Waals surface area contributed by atoms with Crippen LogP contribution in [0, 0.1) is 0 Å². The summed E-state index contributed by atoms with van der Waals surface area (Å²) in [7, 11) is 1.46. The summed E-state index contributed by atoms with van der Waals surface area (Å²) in [6.07, 6.45) is -1.17. The standard InChI is InChI=1S/C22H23NO6/c1-13(24)16-5-8-19(9-6-16)23-22(27)15(3)29-21(26)12-18-11-17(14(2)25)7-10-20(18)28-4/h5-11,15H,12H2,1-4H3,(H,23,27)/t15-/m0/s1. The normalized spacial score (nSPS) is 11.3. The summed E-state index contributed by atoms with van der Waals surface area (Å²) >= 11 is 0. The average Bonchev–Trinajstić information content (AvgIpc) is 2.68. The molecule has 2 rings (SSSR count). The van der Waals surface area contributed by atoms with Crippen molar-refractivity contribution < 1.29 is 28.7 Å². The van der Waals surface area contributed by atoms with Crippen LogP contribution in [0.25, 0.3) is 0 Å². The number of Topliss-reactive ketones (excluding diaryl/α,β-unsaturated/α-hetero) is 2. The molecular weight excluding hydrogens is 374 g/mol. The molecule has 7 nitrogen and oxygen atoms in total. The third-order valence-electron chi connectivity index (χ3n) is 4.26. The van der Waals surface area contributed by atoms with Crippen molar-refractivity contribution in [3.05, 3.63) is 59.2 Å². The summed E-state index contributed by atoms with van der Waals surface area (Å²) in [6, 6.07) is 11.2. The van der Waals surface area contributed by atoms with Gasteiger partial charge in [-0.05, 0) is 63.2 Å². The highest BCUT2D eigenvalue weighted by Gasteiger charge is 2.20. The fourth-order valence-electron chi connectivity index (χ4n) is 2.62. The van der Waals surface area contributed by atoms with E-state index in [1.165, 1.54) is 27.9 Å². The average molecular weight is 397 g/mol. The minimum atomic E-state index is -1.03. The first-order valence-corrected chi connectivity index (χ1v) is 9.00. The minimum Gasteiger partial charge on any atom is -0.496 e. The Bertz CT molecular complexity index is 933. The first-order chi connectivity index (χ1) is 13.7. The molecule has 0 aliphatic heterocycles. The topological polar surface area (TPSA) is 98.8 Å². The van der Waals surface area contributed by atoms with Gasteiger partial charge in [-0.3, -0.25) is 19.2 Å². The Balaban J connectivity index is 1.99. The predicted molar refractivity (Wildman–Crippen MR) is 107 cm³/mol. The van der Waals surface area contributed by atoms with Crippen LogP contribution in [-0.2, 0) is 20.7 Å². The van der Waals surface area contributed by atoms with Gasteiger partial charge in [0.1, 0.15) is 5.75 Å². The fraction of sp³-hybridized carbons (Fsp3) is 0.273. The maximum Gasteiger partial charge on any atom is 0.311 e. The van der Waals surface area contributed by atoms with Gasteiger partial charge < -0.3 is 14.8 Å². The molecular formula is C22H23NO6. The van der Waals surface area contributed by atoms with E-state index in [0.717, 1.165) is 0 Å². The summed E-state index contributed by atoms with van der Waals surface area (Å²) in [5.74, 6) is -0.883. The van der Waals surface area contributed by atoms with E-state index in [1.54, 1.807) is 42.5 Å². The van der Waals surface area contributed by atoms with Crippen LogP contribution in [0.1, 0.15) is 47.1 Å². The number of ketones is 2. The third kappa shape index (κ3) is 6.00. The van der Waals surface area contributed by atoms with Crippen molar-refractivity contribution in [3.63, 3.8) is 0 Å². The quantitative estimate of drug-likeness (QED) is 0.542. The van der Waals surface area contributed by atoms with Crippen molar-refractivity contribution in [2.45, 2.75) is 33.3 Å². The number of amides is 1. The number of anilines is 1. The number of ether oxygens (including phenoxy) is 2. The first kappa shape index (κ1) is 21.8. The Hall–Kier alpha value is -3.48. The highest BCUT2D eigenvalue weighted by molar-refractivity contribution is 5.97. The molecule has 2 aromatic rings. The van der Waals surface area contributed by atoms with Gasteiger partial charge in [0.2, 0.25) is 0 Å². The lowest BCUT2D eigenvalue weighted by Gasteiger charge is -2.15. The van der Waals surface area contributed by atoms with Crippen LogP contribution < -0.4 is 10.1 Å². The summed E-state index contributed by atoms with van der Waals surface area (Å²) in [5, 5.41) is 2.63. The second-order valence-corrected chi connectivity index (χ2v) is 6.51. The molecule has 0 saturated heterocycles. The van der Waals surface area contributed by atoms with E-state index in [4.69, 9.17) is 9.47 Å². The monoisotopic (exact) mass is 397 g/mol. The van der Waals surface area contributed by atoms with Crippen LogP contribution in [0.2, 0.25) is 0 Å². The van der Waals surface area contributed by atoms with E-state index < -0.39 is 18.0 Å². The van der Waals surface area contributed by atoms with Gasteiger partial charge in [-0.1, -0.05) is 0 Å². The lowest BCUT2D eigenvalue weighted by atomic mass is 10.0. The number of esters is 1. The maximum absolute atomic E-state index is 12.3. The van der Waals surface area contributed by atoms with E-state index in [0.29, 0.717) is 28.1 Å². The van der Waals surface area contributed by atoms with Gasteiger partial charge in [-0.2, -0.15) is 0 Å². The van der Waals surface area contributed by atoms with Gasteiger partial charge in [-0.25, -0.2) is 0 Å². The molecule has 0 bridgehead atoms. The molecule has 2 aromatic carbocycles. The summed E-state index contributed by atoms with van der Waals surface area (Å²) < 4.78 is 10.4. The van der Waals surface area contributed by atoms with E-state index in [1.807, 2.05) is 0 Å². The fourth-order valence-corrected chi connectivity index (χ4v) is 2.62. The zero-order chi connectivity index (χ0) is 21.6. The number of benzene rings is 2. The zero-order valence-electron chi connectivity index (χ0n) is 16.8. The number of hydrogen-bond donors (Lipinski definition) is 1. The second kappa shape index (κ2) is 9.64. The molecule has 1 amide bonds. The first-order valence-electron chi connectivity index (χ1n) is 9.00. The molecule has 29 heavy (non-hydrogen) atoms. The molecule has 1 N–H and O–H groups in total. The largest absolute Gasteiger partial charge is 0.496 e. The Morgan fingerprint density at radius 1 is 0.931 bits per heavy atom. The van der Waals surface area contributed by atoms with Crippen molar-refractivity contribution in [1.29, 1.82) is 0 Å². The van der Waals surface area contributed by atoms with Gasteiger partial charge in [0.05, 0.1) is 13.5 Å². The third-order valence-corrected chi connectivity index (χ3v) is 4.26. The molecule has 0 aliphatic carbocycles. The minimum absolute atomic E-state index is 0.0746. The van der Waals surface area contributed by atoms with Crippen molar-refractivity contribution in [3.8, 4) is 5.75 Å². The molecule has 0 saturated carbocycles. The van der Waals surface area contributed by atoms with E-state index >= 15 is 0 Å². The Kier molecular flexibility index (Phi) is 7.25. The number of carbonyl (C=O) groups excluding carboxylic acids is 4. The van der Waals surface area contributed by atoms with Crippen LogP contribution in [-0.4, -0.2) is 36.7 Å². The van der Waals surface area contributed by atoms with E-state index in [2.05, 4.69) is 5.32 Å². The van der Waals surface area contributed by atoms with Crippen LogP contribution in [0.15, 0.2) is 42.5 Å². The van der Waals surface area contributed by atoms with Gasteiger partial charge in [0.25, 0.3) is 5.91 Å². The predicted octanol–water partition coefficient (Wildman–Crippen LogP) is 3.21. The second-order valence-electron chi connectivity index (χ2n) is 6.51. The number of nitrogens with one attached hydrogen (secondary N) is 1. The Labute approximate surface area is 169 Å². The van der Waals surface area contributed by atoms with Crippen molar-refractivity contribution in [1.82, 2.24) is 0 Å². The highest BCUT2D eigenvalue weighted by atomic mass is 16.5. The van der Waals surface area contributed by atoms with Crippen LogP contribution in [0.5, 0.6) is 5.75 Å². The Morgan fingerprint density at radius 2 is 1.52 bits per heavy atom. The molecule has 0 aliphatic rings. The maximum atomic E-state index is 12.3. The SMILES string of the molecule is COc1ccc(C(C)=O)cc1CC(=O)O[C@@H](C)C(=O)Nc1ccc(C(C)=O)cc1. The van der Waals surface area contributed by atoms with Crippen molar-refractivity contribution in [2.24, 2.45) is 0 Å². The summed E-state index contributed by atoms with van der Waals surface area (Å²) in [6.45, 7) is 4.34.